The largest absolute Gasteiger partial charge is 0.487 e. The number of hydrogen-bond donors (Lipinski definition) is 1. The van der Waals surface area contributed by atoms with E-state index in [0.717, 1.165) is 0 Å². The standard InChI is InChI=1S/C19H16F8O5S/c1-3-7(2)8-9(20)11(22)17(12(23)10(8)21)31-5-4-6-32-18-13(24)15(26)19(33(28,29)30)16(27)14(18)25/h7H,3-6H2,1-2H3,(H,28,29,30). The van der Waals surface area contributed by atoms with Crippen LogP contribution in [0.1, 0.15) is 38.2 Å². The zero-order chi connectivity index (χ0) is 25.2. The summed E-state index contributed by atoms with van der Waals surface area (Å²) in [6, 6.07) is 0. The molecule has 0 amide bonds. The van der Waals surface area contributed by atoms with Crippen LogP contribution in [0.3, 0.4) is 0 Å². The number of rotatable bonds is 9. The van der Waals surface area contributed by atoms with E-state index in [9.17, 15) is 43.5 Å². The van der Waals surface area contributed by atoms with Crippen LogP contribution in [0.4, 0.5) is 35.1 Å². The molecule has 5 nitrogen and oxygen atoms in total. The Balaban J connectivity index is 2.14. The van der Waals surface area contributed by atoms with E-state index in [0.29, 0.717) is 0 Å². The number of ether oxygens (including phenoxy) is 2. The van der Waals surface area contributed by atoms with Crippen molar-refractivity contribution in [2.75, 3.05) is 13.2 Å². The molecule has 33 heavy (non-hydrogen) atoms. The topological polar surface area (TPSA) is 72.8 Å². The fourth-order valence-corrected chi connectivity index (χ4v) is 3.38. The van der Waals surface area contributed by atoms with Gasteiger partial charge in [0.2, 0.25) is 23.3 Å². The first-order chi connectivity index (χ1) is 15.3. The van der Waals surface area contributed by atoms with Crippen LogP contribution in [-0.4, -0.2) is 26.2 Å². The molecule has 1 unspecified atom stereocenters. The van der Waals surface area contributed by atoms with Gasteiger partial charge in [-0.25, -0.2) is 17.6 Å². The van der Waals surface area contributed by atoms with E-state index in [1.165, 1.54) is 6.92 Å². The van der Waals surface area contributed by atoms with E-state index >= 15 is 0 Å². The van der Waals surface area contributed by atoms with Crippen LogP contribution in [0.2, 0.25) is 0 Å². The Morgan fingerprint density at radius 3 is 1.42 bits per heavy atom. The van der Waals surface area contributed by atoms with E-state index in [1.54, 1.807) is 6.92 Å². The average molecular weight is 508 g/mol. The molecule has 1 N–H and O–H groups in total. The summed E-state index contributed by atoms with van der Waals surface area (Å²) in [6.07, 6.45) is -0.277. The van der Waals surface area contributed by atoms with Crippen LogP contribution in [0.15, 0.2) is 4.90 Å². The molecule has 184 valence electrons. The van der Waals surface area contributed by atoms with Gasteiger partial charge in [0, 0.05) is 12.0 Å². The number of benzene rings is 2. The van der Waals surface area contributed by atoms with E-state index < -0.39 is 104 Å². The number of hydrogen-bond acceptors (Lipinski definition) is 4. The first kappa shape index (κ1) is 26.6. The minimum Gasteiger partial charge on any atom is -0.487 e. The third kappa shape index (κ3) is 5.16. The molecule has 0 fully saturated rings. The van der Waals surface area contributed by atoms with Gasteiger partial charge >= 0.3 is 10.1 Å². The van der Waals surface area contributed by atoms with E-state index in [1.807, 2.05) is 0 Å². The lowest BCUT2D eigenvalue weighted by Gasteiger charge is -2.16. The Bertz CT molecular complexity index is 1110. The molecule has 0 spiro atoms. The molecule has 0 aromatic heterocycles. The van der Waals surface area contributed by atoms with Gasteiger partial charge in [-0.05, 0) is 12.3 Å². The average Bonchev–Trinajstić information content (AvgIpc) is 2.74. The third-order valence-electron chi connectivity index (χ3n) is 4.58. The van der Waals surface area contributed by atoms with Crippen LogP contribution in [0.25, 0.3) is 0 Å². The Hall–Kier alpha value is -2.61. The molecule has 2 rings (SSSR count). The SMILES string of the molecule is CCC(C)c1c(F)c(F)c(OCCCOc2c(F)c(F)c(S(=O)(=O)O)c(F)c2F)c(F)c1F. The third-order valence-corrected chi connectivity index (χ3v) is 5.46. The lowest BCUT2D eigenvalue weighted by Crippen LogP contribution is -2.14. The zero-order valence-corrected chi connectivity index (χ0v) is 17.7. The quantitative estimate of drug-likeness (QED) is 0.212. The Kier molecular flexibility index (Phi) is 8.17. The molecule has 0 radical (unpaired) electrons. The van der Waals surface area contributed by atoms with Crippen LogP contribution >= 0.6 is 0 Å². The fraction of sp³-hybridized carbons (Fsp3) is 0.368. The van der Waals surface area contributed by atoms with Gasteiger partial charge in [-0.2, -0.15) is 26.0 Å². The molecule has 14 heteroatoms. The molecular weight excluding hydrogens is 492 g/mol. The highest BCUT2D eigenvalue weighted by molar-refractivity contribution is 7.85. The molecule has 1 atom stereocenters. The summed E-state index contributed by atoms with van der Waals surface area (Å²) in [5.74, 6) is -20.2. The van der Waals surface area contributed by atoms with Crippen molar-refractivity contribution in [2.45, 2.75) is 37.5 Å². The van der Waals surface area contributed by atoms with Gasteiger partial charge in [0.1, 0.15) is 0 Å². The first-order valence-electron chi connectivity index (χ1n) is 9.20. The summed E-state index contributed by atoms with van der Waals surface area (Å²) >= 11 is 0. The fourth-order valence-electron chi connectivity index (χ4n) is 2.74. The van der Waals surface area contributed by atoms with Crippen LogP contribution in [0, 0.1) is 46.5 Å². The predicted octanol–water partition coefficient (Wildman–Crippen LogP) is 5.41. The minimum atomic E-state index is -5.65. The van der Waals surface area contributed by atoms with E-state index in [4.69, 9.17) is 4.55 Å². The summed E-state index contributed by atoms with van der Waals surface area (Å²) in [7, 11) is -5.65. The van der Waals surface area contributed by atoms with Gasteiger partial charge in [0.25, 0.3) is 0 Å². The van der Waals surface area contributed by atoms with Crippen LogP contribution in [-0.2, 0) is 10.1 Å². The van der Waals surface area contributed by atoms with Crippen molar-refractivity contribution in [3.63, 3.8) is 0 Å². The van der Waals surface area contributed by atoms with E-state index in [2.05, 4.69) is 9.47 Å². The summed E-state index contributed by atoms with van der Waals surface area (Å²) in [5, 5.41) is 0. The summed E-state index contributed by atoms with van der Waals surface area (Å²) in [5.41, 5.74) is -0.800. The maximum Gasteiger partial charge on any atom is 0.300 e. The Morgan fingerprint density at radius 2 is 1.09 bits per heavy atom. The molecule has 0 aliphatic rings. The second-order valence-corrected chi connectivity index (χ2v) is 8.11. The van der Waals surface area contributed by atoms with Crippen molar-refractivity contribution >= 4 is 10.1 Å². The number of halogens is 8. The summed E-state index contributed by atoms with van der Waals surface area (Å²) in [6.45, 7) is 1.39. The van der Waals surface area contributed by atoms with E-state index in [-0.39, 0.29) is 6.42 Å². The van der Waals surface area contributed by atoms with Crippen molar-refractivity contribution < 1.29 is 57.6 Å². The Labute approximate surface area is 182 Å². The van der Waals surface area contributed by atoms with Gasteiger partial charge in [0.05, 0.1) is 13.2 Å². The van der Waals surface area contributed by atoms with Crippen molar-refractivity contribution in [1.29, 1.82) is 0 Å². The molecule has 0 bridgehead atoms. The molecule has 0 heterocycles. The lowest BCUT2D eigenvalue weighted by molar-refractivity contribution is 0.214. The smallest absolute Gasteiger partial charge is 0.300 e. The summed E-state index contributed by atoms with van der Waals surface area (Å²) < 4.78 is 151. The highest BCUT2D eigenvalue weighted by Gasteiger charge is 2.33. The van der Waals surface area contributed by atoms with Crippen molar-refractivity contribution in [3.05, 3.63) is 52.1 Å². The summed E-state index contributed by atoms with van der Waals surface area (Å²) in [4.78, 5) is -2.26. The maximum absolute atomic E-state index is 14.1. The van der Waals surface area contributed by atoms with Gasteiger partial charge in [0.15, 0.2) is 39.7 Å². The monoisotopic (exact) mass is 508 g/mol. The molecule has 0 aliphatic carbocycles. The second kappa shape index (κ2) is 10.1. The highest BCUT2D eigenvalue weighted by atomic mass is 32.2. The molecule has 0 aliphatic heterocycles. The van der Waals surface area contributed by atoms with Crippen LogP contribution < -0.4 is 9.47 Å². The first-order valence-corrected chi connectivity index (χ1v) is 10.6. The highest BCUT2D eigenvalue weighted by Crippen LogP contribution is 2.35. The maximum atomic E-state index is 14.1. The van der Waals surface area contributed by atoms with Crippen molar-refractivity contribution in [2.24, 2.45) is 0 Å². The Morgan fingerprint density at radius 1 is 0.727 bits per heavy atom. The normalized spacial score (nSPS) is 12.7. The zero-order valence-electron chi connectivity index (χ0n) is 16.9. The van der Waals surface area contributed by atoms with Gasteiger partial charge < -0.3 is 9.47 Å². The van der Waals surface area contributed by atoms with Crippen molar-refractivity contribution in [3.8, 4) is 11.5 Å². The molecular formula is C19H16F8O5S. The second-order valence-electron chi connectivity index (χ2n) is 6.75. The molecule has 0 saturated carbocycles. The van der Waals surface area contributed by atoms with Gasteiger partial charge in [-0.1, -0.05) is 13.8 Å². The molecule has 2 aromatic rings. The minimum absolute atomic E-state index is 0.184. The van der Waals surface area contributed by atoms with Gasteiger partial charge in [-0.3, -0.25) is 4.55 Å². The van der Waals surface area contributed by atoms with Gasteiger partial charge in [-0.15, -0.1) is 0 Å². The predicted molar refractivity (Wildman–Crippen MR) is 96.7 cm³/mol. The molecule has 0 saturated heterocycles. The molecule has 2 aromatic carbocycles. The van der Waals surface area contributed by atoms with Crippen LogP contribution in [0.5, 0.6) is 11.5 Å². The van der Waals surface area contributed by atoms with Crippen molar-refractivity contribution in [1.82, 2.24) is 0 Å². The lowest BCUT2D eigenvalue weighted by atomic mass is 9.96.